The van der Waals surface area contributed by atoms with Gasteiger partial charge in [-0.25, -0.2) is 4.98 Å². The van der Waals surface area contributed by atoms with Crippen molar-refractivity contribution in [3.63, 3.8) is 0 Å². The van der Waals surface area contributed by atoms with Gasteiger partial charge in [0.2, 0.25) is 0 Å². The van der Waals surface area contributed by atoms with Crippen LogP contribution in [0, 0.1) is 0 Å². The highest BCUT2D eigenvalue weighted by atomic mass is 32.1. The molecule has 11 heteroatoms. The molecule has 3 fully saturated rings. The molecule has 0 bridgehead atoms. The summed E-state index contributed by atoms with van der Waals surface area (Å²) in [6, 6.07) is 5.62. The summed E-state index contributed by atoms with van der Waals surface area (Å²) >= 11 is 1.43. The number of amides is 2. The van der Waals surface area contributed by atoms with Crippen molar-refractivity contribution < 1.29 is 23.8 Å². The number of ether oxygens (including phenoxy) is 3. The van der Waals surface area contributed by atoms with Gasteiger partial charge in [-0.1, -0.05) is 6.07 Å². The van der Waals surface area contributed by atoms with Crippen LogP contribution >= 0.6 is 11.3 Å². The fourth-order valence-electron chi connectivity index (χ4n) is 4.75. The minimum atomic E-state index is -0.341. The van der Waals surface area contributed by atoms with E-state index in [9.17, 15) is 9.59 Å². The average Bonchev–Trinajstić information content (AvgIpc) is 3.53. The maximum Gasteiger partial charge on any atom is 0.275 e. The quantitative estimate of drug-likeness (QED) is 0.537. The predicted octanol–water partition coefficient (Wildman–Crippen LogP) is 2.36. The Morgan fingerprint density at radius 2 is 2.05 bits per heavy atom. The van der Waals surface area contributed by atoms with Crippen LogP contribution in [-0.2, 0) is 20.8 Å². The number of carbonyl (C=O) groups is 2. The van der Waals surface area contributed by atoms with Crippen molar-refractivity contribution in [2.75, 3.05) is 63.4 Å². The van der Waals surface area contributed by atoms with E-state index in [1.54, 1.807) is 12.5 Å². The summed E-state index contributed by atoms with van der Waals surface area (Å²) < 4.78 is 16.4. The topological polar surface area (TPSA) is 105 Å². The van der Waals surface area contributed by atoms with Gasteiger partial charge in [0, 0.05) is 50.8 Å². The number of thiazole rings is 1. The first-order valence-corrected chi connectivity index (χ1v) is 13.6. The minimum absolute atomic E-state index is 0.0357. The van der Waals surface area contributed by atoms with Gasteiger partial charge >= 0.3 is 0 Å². The van der Waals surface area contributed by atoms with Gasteiger partial charge in [-0.3, -0.25) is 14.5 Å². The Labute approximate surface area is 221 Å². The molecule has 2 aromatic rings. The highest BCUT2D eigenvalue weighted by Gasteiger charge is 2.31. The first-order chi connectivity index (χ1) is 17.8. The standard InChI is InChI=1S/C26H35N5O5S/c1-26(2)16-36-9-7-31(26)11-17-4-5-21(20(10-17)23(32)27-18-6-8-35-14-18)28-24(33)22-15-37-25(29-22)30-12-19(13-30)34-3/h4-5,10,15,18-19H,6-9,11-14,16H2,1-3H3,(H,27,32)(H,28,33)/t18-/m0/s1. The normalized spacial score (nSPS) is 22.0. The second-order valence-corrected chi connectivity index (χ2v) is 11.3. The zero-order valence-electron chi connectivity index (χ0n) is 21.6. The van der Waals surface area contributed by atoms with Gasteiger partial charge < -0.3 is 29.7 Å². The molecule has 0 spiro atoms. The summed E-state index contributed by atoms with van der Waals surface area (Å²) in [4.78, 5) is 35.4. The number of hydrogen-bond acceptors (Lipinski definition) is 9. The lowest BCUT2D eigenvalue weighted by molar-refractivity contribution is -0.0552. The Morgan fingerprint density at radius 1 is 1.22 bits per heavy atom. The number of aromatic nitrogens is 1. The van der Waals surface area contributed by atoms with Gasteiger partial charge in [-0.05, 0) is 38.0 Å². The van der Waals surface area contributed by atoms with Crippen LogP contribution in [0.4, 0.5) is 10.8 Å². The molecule has 0 aliphatic carbocycles. The third kappa shape index (κ3) is 5.96. The molecule has 200 valence electrons. The van der Waals surface area contributed by atoms with Crippen molar-refractivity contribution in [3.8, 4) is 0 Å². The third-order valence-corrected chi connectivity index (χ3v) is 8.11. The summed E-state index contributed by atoms with van der Waals surface area (Å²) in [6.07, 6.45) is 0.978. The molecule has 0 saturated carbocycles. The summed E-state index contributed by atoms with van der Waals surface area (Å²) in [6.45, 7) is 9.83. The van der Waals surface area contributed by atoms with Crippen molar-refractivity contribution >= 4 is 34.0 Å². The van der Waals surface area contributed by atoms with E-state index in [0.29, 0.717) is 49.9 Å². The highest BCUT2D eigenvalue weighted by Crippen LogP contribution is 2.28. The van der Waals surface area contributed by atoms with Crippen LogP contribution < -0.4 is 15.5 Å². The van der Waals surface area contributed by atoms with E-state index in [1.807, 2.05) is 18.2 Å². The van der Waals surface area contributed by atoms with Crippen LogP contribution in [0.25, 0.3) is 0 Å². The zero-order valence-corrected chi connectivity index (χ0v) is 22.4. The molecule has 10 nitrogen and oxygen atoms in total. The molecule has 5 rings (SSSR count). The number of carbonyl (C=O) groups excluding carboxylic acids is 2. The maximum atomic E-state index is 13.3. The van der Waals surface area contributed by atoms with Crippen molar-refractivity contribution in [3.05, 3.63) is 40.4 Å². The average molecular weight is 530 g/mol. The van der Waals surface area contributed by atoms with E-state index in [4.69, 9.17) is 14.2 Å². The molecule has 2 amide bonds. The number of rotatable bonds is 8. The second kappa shape index (κ2) is 11.0. The van der Waals surface area contributed by atoms with Crippen molar-refractivity contribution in [1.82, 2.24) is 15.2 Å². The highest BCUT2D eigenvalue weighted by molar-refractivity contribution is 7.14. The fraction of sp³-hybridized carbons (Fsp3) is 0.577. The summed E-state index contributed by atoms with van der Waals surface area (Å²) in [5.74, 6) is -0.564. The molecule has 3 aliphatic rings. The van der Waals surface area contributed by atoms with Gasteiger partial charge in [0.25, 0.3) is 11.8 Å². The van der Waals surface area contributed by atoms with E-state index in [-0.39, 0.29) is 29.5 Å². The Balaban J connectivity index is 1.33. The van der Waals surface area contributed by atoms with E-state index < -0.39 is 0 Å². The zero-order chi connectivity index (χ0) is 26.0. The summed E-state index contributed by atoms with van der Waals surface area (Å²) in [7, 11) is 1.70. The summed E-state index contributed by atoms with van der Waals surface area (Å²) in [5, 5.41) is 8.52. The molecular weight excluding hydrogens is 494 g/mol. The van der Waals surface area contributed by atoms with E-state index >= 15 is 0 Å². The molecule has 0 unspecified atom stereocenters. The van der Waals surface area contributed by atoms with Crippen LogP contribution in [-0.4, -0.2) is 92.6 Å². The van der Waals surface area contributed by atoms with Gasteiger partial charge in [0.1, 0.15) is 5.69 Å². The molecular formula is C26H35N5O5S. The molecule has 37 heavy (non-hydrogen) atoms. The number of nitrogens with zero attached hydrogens (tertiary/aromatic N) is 3. The lowest BCUT2D eigenvalue weighted by Gasteiger charge is -2.42. The second-order valence-electron chi connectivity index (χ2n) is 10.4. The minimum Gasteiger partial charge on any atom is -0.379 e. The number of hydrogen-bond donors (Lipinski definition) is 2. The Morgan fingerprint density at radius 3 is 2.78 bits per heavy atom. The first-order valence-electron chi connectivity index (χ1n) is 12.7. The third-order valence-electron chi connectivity index (χ3n) is 7.21. The van der Waals surface area contributed by atoms with Gasteiger partial charge in [0.05, 0.1) is 43.2 Å². The Bertz CT molecular complexity index is 1130. The largest absolute Gasteiger partial charge is 0.379 e. The number of anilines is 2. The molecule has 1 atom stereocenters. The Kier molecular flexibility index (Phi) is 7.77. The molecule has 3 saturated heterocycles. The SMILES string of the molecule is COC1CN(c2nc(C(=O)Nc3ccc(CN4CCOCC4(C)C)cc3C(=O)N[C@H]3CCOC3)cs2)C1. The molecule has 1 aromatic heterocycles. The monoisotopic (exact) mass is 529 g/mol. The van der Waals surface area contributed by atoms with Gasteiger partial charge in [-0.15, -0.1) is 11.3 Å². The van der Waals surface area contributed by atoms with E-state index in [1.165, 1.54) is 11.3 Å². The number of nitrogens with one attached hydrogen (secondary N) is 2. The van der Waals surface area contributed by atoms with Gasteiger partial charge in [-0.2, -0.15) is 0 Å². The lowest BCUT2D eigenvalue weighted by Crippen LogP contribution is -2.52. The van der Waals surface area contributed by atoms with Crippen molar-refractivity contribution in [1.29, 1.82) is 0 Å². The predicted molar refractivity (Wildman–Crippen MR) is 142 cm³/mol. The summed E-state index contributed by atoms with van der Waals surface area (Å²) in [5.41, 5.74) is 2.13. The van der Waals surface area contributed by atoms with E-state index in [0.717, 1.165) is 36.8 Å². The van der Waals surface area contributed by atoms with E-state index in [2.05, 4.69) is 39.3 Å². The lowest BCUT2D eigenvalue weighted by atomic mass is 10.00. The molecule has 0 radical (unpaired) electrons. The number of morpholine rings is 1. The van der Waals surface area contributed by atoms with Crippen LogP contribution in [0.2, 0.25) is 0 Å². The van der Waals surface area contributed by atoms with Crippen LogP contribution in [0.5, 0.6) is 0 Å². The van der Waals surface area contributed by atoms with Crippen LogP contribution in [0.1, 0.15) is 46.7 Å². The Hall–Kier alpha value is -2.57. The van der Waals surface area contributed by atoms with Gasteiger partial charge in [0.15, 0.2) is 5.13 Å². The van der Waals surface area contributed by atoms with Crippen LogP contribution in [0.3, 0.4) is 0 Å². The number of benzene rings is 1. The van der Waals surface area contributed by atoms with Crippen LogP contribution in [0.15, 0.2) is 23.6 Å². The maximum absolute atomic E-state index is 13.3. The van der Waals surface area contributed by atoms with Crippen molar-refractivity contribution in [2.45, 2.75) is 44.5 Å². The molecule has 3 aliphatic heterocycles. The number of methoxy groups -OCH3 is 1. The molecule has 2 N–H and O–H groups in total. The fourth-order valence-corrected chi connectivity index (χ4v) is 5.57. The smallest absolute Gasteiger partial charge is 0.275 e. The molecule has 1 aromatic carbocycles. The molecule has 4 heterocycles. The van der Waals surface area contributed by atoms with Crippen molar-refractivity contribution in [2.24, 2.45) is 0 Å². The first kappa shape index (κ1) is 26.1.